The Balaban J connectivity index is 2.16. The van der Waals surface area contributed by atoms with E-state index in [0.717, 1.165) is 10.5 Å². The normalized spacial score (nSPS) is 10.6. The molecule has 0 aliphatic rings. The van der Waals surface area contributed by atoms with Gasteiger partial charge in [-0.2, -0.15) is 0 Å². The van der Waals surface area contributed by atoms with Crippen molar-refractivity contribution in [2.24, 2.45) is 0 Å². The lowest BCUT2D eigenvalue weighted by Gasteiger charge is -2.08. The van der Waals surface area contributed by atoms with Crippen LogP contribution < -0.4 is 5.73 Å². The van der Waals surface area contributed by atoms with Crippen LogP contribution >= 0.6 is 46.6 Å². The van der Waals surface area contributed by atoms with Crippen LogP contribution in [0.1, 0.15) is 5.56 Å². The van der Waals surface area contributed by atoms with Gasteiger partial charge in [-0.25, -0.2) is 0 Å². The number of halogens is 3. The van der Waals surface area contributed by atoms with E-state index in [2.05, 4.69) is 0 Å². The van der Waals surface area contributed by atoms with Gasteiger partial charge in [-0.3, -0.25) is 0 Å². The molecule has 0 bridgehead atoms. The number of hydrogen-bond donors (Lipinski definition) is 1. The highest BCUT2D eigenvalue weighted by molar-refractivity contribution is 7.98. The fourth-order valence-corrected chi connectivity index (χ4v) is 3.36. The first-order valence-corrected chi connectivity index (χ1v) is 7.30. The zero-order valence-electron chi connectivity index (χ0n) is 9.29. The maximum absolute atomic E-state index is 6.11. The summed E-state index contributed by atoms with van der Waals surface area (Å²) in [6.45, 7) is 0. The van der Waals surface area contributed by atoms with E-state index >= 15 is 0 Å². The minimum atomic E-state index is 0.631. The molecule has 2 rings (SSSR count). The lowest BCUT2D eigenvalue weighted by Crippen LogP contribution is -1.90. The Hall–Kier alpha value is -0.540. The van der Waals surface area contributed by atoms with Gasteiger partial charge in [0.2, 0.25) is 0 Å². The fraction of sp³-hybridized carbons (Fsp3) is 0.0769. The molecule has 0 aromatic heterocycles. The van der Waals surface area contributed by atoms with Gasteiger partial charge in [-0.15, -0.1) is 11.8 Å². The molecule has 0 saturated heterocycles. The molecule has 18 heavy (non-hydrogen) atoms. The van der Waals surface area contributed by atoms with Gasteiger partial charge in [0.25, 0.3) is 0 Å². The van der Waals surface area contributed by atoms with Gasteiger partial charge in [-0.1, -0.05) is 46.9 Å². The molecular weight excluding hydrogens is 309 g/mol. The summed E-state index contributed by atoms with van der Waals surface area (Å²) in [7, 11) is 0. The average molecular weight is 319 g/mol. The largest absolute Gasteiger partial charge is 0.398 e. The fourth-order valence-electron chi connectivity index (χ4n) is 1.47. The molecule has 0 amide bonds. The van der Waals surface area contributed by atoms with Crippen LogP contribution in [0.3, 0.4) is 0 Å². The molecule has 0 aliphatic carbocycles. The average Bonchev–Trinajstić information content (AvgIpc) is 2.31. The Bertz CT molecular complexity index is 552. The number of nitrogen functional groups attached to an aromatic ring is 1. The molecular formula is C13H10Cl3NS. The van der Waals surface area contributed by atoms with Crippen molar-refractivity contribution in [3.05, 3.63) is 57.0 Å². The van der Waals surface area contributed by atoms with Crippen LogP contribution in [0.4, 0.5) is 5.69 Å². The lowest BCUT2D eigenvalue weighted by atomic mass is 10.2. The summed E-state index contributed by atoms with van der Waals surface area (Å²) in [5.41, 5.74) is 7.57. The second-order valence-corrected chi connectivity index (χ2v) is 5.92. The summed E-state index contributed by atoms with van der Waals surface area (Å²) in [5.74, 6) is 0.698. The standard InChI is InChI=1S/C13H10Cl3NS/c14-9-5-4-8(11(16)6-9)7-18-13-10(15)2-1-3-12(13)17/h1-6H,7,17H2. The van der Waals surface area contributed by atoms with Crippen molar-refractivity contribution in [2.75, 3.05) is 5.73 Å². The molecule has 0 spiro atoms. The Morgan fingerprint density at radius 3 is 2.44 bits per heavy atom. The number of thioether (sulfide) groups is 1. The smallest absolute Gasteiger partial charge is 0.0562 e. The Labute approximate surface area is 125 Å². The molecule has 5 heteroatoms. The van der Waals surface area contributed by atoms with Crippen LogP contribution in [-0.4, -0.2) is 0 Å². The molecule has 0 radical (unpaired) electrons. The molecule has 94 valence electrons. The molecule has 0 atom stereocenters. The van der Waals surface area contributed by atoms with Gasteiger partial charge in [-0.05, 0) is 29.8 Å². The van der Waals surface area contributed by atoms with Gasteiger partial charge in [0.1, 0.15) is 0 Å². The molecule has 1 nitrogen and oxygen atoms in total. The van der Waals surface area contributed by atoms with E-state index in [-0.39, 0.29) is 0 Å². The monoisotopic (exact) mass is 317 g/mol. The molecule has 0 saturated carbocycles. The predicted molar refractivity (Wildman–Crippen MR) is 81.9 cm³/mol. The van der Waals surface area contributed by atoms with Crippen LogP contribution in [0, 0.1) is 0 Å². The van der Waals surface area contributed by atoms with Gasteiger partial charge in [0.15, 0.2) is 0 Å². The van der Waals surface area contributed by atoms with E-state index in [1.165, 1.54) is 0 Å². The summed E-state index contributed by atoms with van der Waals surface area (Å²) in [4.78, 5) is 0.880. The Kier molecular flexibility index (Phi) is 4.68. The third-order valence-corrected chi connectivity index (χ3v) is 4.60. The molecule has 0 fully saturated rings. The van der Waals surface area contributed by atoms with Gasteiger partial charge >= 0.3 is 0 Å². The predicted octanol–water partition coefficient (Wildman–Crippen LogP) is 5.52. The minimum Gasteiger partial charge on any atom is -0.398 e. The van der Waals surface area contributed by atoms with Crippen molar-refractivity contribution < 1.29 is 0 Å². The van der Waals surface area contributed by atoms with Gasteiger partial charge in [0, 0.05) is 26.4 Å². The quantitative estimate of drug-likeness (QED) is 0.595. The van der Waals surface area contributed by atoms with Crippen LogP contribution in [0.25, 0.3) is 0 Å². The number of nitrogens with two attached hydrogens (primary N) is 1. The Morgan fingerprint density at radius 2 is 1.78 bits per heavy atom. The second-order valence-electron chi connectivity index (χ2n) is 3.68. The lowest BCUT2D eigenvalue weighted by molar-refractivity contribution is 1.38. The molecule has 2 aromatic carbocycles. The highest BCUT2D eigenvalue weighted by Crippen LogP contribution is 2.36. The maximum Gasteiger partial charge on any atom is 0.0562 e. The van der Waals surface area contributed by atoms with Gasteiger partial charge in [0.05, 0.1) is 5.02 Å². The summed E-state index contributed by atoms with van der Waals surface area (Å²) in [5, 5.41) is 1.94. The summed E-state index contributed by atoms with van der Waals surface area (Å²) >= 11 is 19.6. The van der Waals surface area contributed by atoms with E-state index in [4.69, 9.17) is 40.5 Å². The minimum absolute atomic E-state index is 0.631. The second kappa shape index (κ2) is 6.07. The summed E-state index contributed by atoms with van der Waals surface area (Å²) < 4.78 is 0. The van der Waals surface area contributed by atoms with Crippen LogP contribution in [0.15, 0.2) is 41.3 Å². The van der Waals surface area contributed by atoms with E-state index < -0.39 is 0 Å². The first-order chi connectivity index (χ1) is 8.58. The van der Waals surface area contributed by atoms with Crippen LogP contribution in [-0.2, 0) is 5.75 Å². The third-order valence-electron chi connectivity index (χ3n) is 2.38. The maximum atomic E-state index is 6.11. The molecule has 0 unspecified atom stereocenters. The highest BCUT2D eigenvalue weighted by atomic mass is 35.5. The molecule has 2 N–H and O–H groups in total. The number of anilines is 1. The highest BCUT2D eigenvalue weighted by Gasteiger charge is 2.07. The SMILES string of the molecule is Nc1cccc(Cl)c1SCc1ccc(Cl)cc1Cl. The molecule has 0 heterocycles. The van der Waals surface area contributed by atoms with E-state index in [1.54, 1.807) is 17.8 Å². The van der Waals surface area contributed by atoms with Crippen molar-refractivity contribution in [1.82, 2.24) is 0 Å². The van der Waals surface area contributed by atoms with E-state index in [1.807, 2.05) is 30.3 Å². The molecule has 0 aliphatic heterocycles. The number of benzene rings is 2. The zero-order chi connectivity index (χ0) is 13.1. The first kappa shape index (κ1) is 13.9. The van der Waals surface area contributed by atoms with Crippen molar-refractivity contribution in [3.8, 4) is 0 Å². The molecule has 2 aromatic rings. The van der Waals surface area contributed by atoms with E-state index in [9.17, 15) is 0 Å². The van der Waals surface area contributed by atoms with Gasteiger partial charge < -0.3 is 5.73 Å². The number of hydrogen-bond acceptors (Lipinski definition) is 2. The third kappa shape index (κ3) is 3.27. The number of rotatable bonds is 3. The van der Waals surface area contributed by atoms with E-state index in [0.29, 0.717) is 26.5 Å². The van der Waals surface area contributed by atoms with Crippen molar-refractivity contribution in [2.45, 2.75) is 10.6 Å². The summed E-state index contributed by atoms with van der Waals surface area (Å²) in [6.07, 6.45) is 0. The Morgan fingerprint density at radius 1 is 1.00 bits per heavy atom. The van der Waals surface area contributed by atoms with Crippen molar-refractivity contribution >= 4 is 52.3 Å². The van der Waals surface area contributed by atoms with Crippen molar-refractivity contribution in [1.29, 1.82) is 0 Å². The van der Waals surface area contributed by atoms with Crippen LogP contribution in [0.5, 0.6) is 0 Å². The topological polar surface area (TPSA) is 26.0 Å². The van der Waals surface area contributed by atoms with Crippen LogP contribution in [0.2, 0.25) is 15.1 Å². The summed E-state index contributed by atoms with van der Waals surface area (Å²) in [6, 6.07) is 10.9. The van der Waals surface area contributed by atoms with Crippen molar-refractivity contribution in [3.63, 3.8) is 0 Å². The zero-order valence-corrected chi connectivity index (χ0v) is 12.4. The first-order valence-electron chi connectivity index (χ1n) is 5.18.